The number of rotatable bonds is 11. The number of nitrogens with one attached hydrogen (secondary N) is 3. The molecule has 0 unspecified atom stereocenters. The van der Waals surface area contributed by atoms with Crippen molar-refractivity contribution in [3.63, 3.8) is 0 Å². The second kappa shape index (κ2) is 14.7. The SMILES string of the molecule is CCN(c1cc(-c2ccc(C3(C=O)CCOCC3)c(NC)c2)cc(C(=O)NCc2c(OC)cc(C)[nH]c2=O)c1C)C1CCN(C)CC1. The van der Waals surface area contributed by atoms with E-state index in [1.807, 2.05) is 26.1 Å². The molecule has 10 nitrogen and oxygen atoms in total. The summed E-state index contributed by atoms with van der Waals surface area (Å²) in [6.07, 6.45) is 4.44. The molecule has 3 N–H and O–H groups in total. The molecular weight excluding hydrogens is 594 g/mol. The number of likely N-dealkylation sites (tertiary alicyclic amines) is 1. The average Bonchev–Trinajstić information content (AvgIpc) is 3.09. The van der Waals surface area contributed by atoms with Gasteiger partial charge in [-0.2, -0.15) is 0 Å². The Balaban J connectivity index is 1.57. The smallest absolute Gasteiger partial charge is 0.256 e. The summed E-state index contributed by atoms with van der Waals surface area (Å²) in [5, 5.41) is 6.33. The van der Waals surface area contributed by atoms with Gasteiger partial charge >= 0.3 is 0 Å². The van der Waals surface area contributed by atoms with Gasteiger partial charge < -0.3 is 39.7 Å². The van der Waals surface area contributed by atoms with Gasteiger partial charge in [0.25, 0.3) is 11.5 Å². The highest BCUT2D eigenvalue weighted by molar-refractivity contribution is 5.99. The lowest BCUT2D eigenvalue weighted by Crippen LogP contribution is -2.44. The molecule has 1 aromatic heterocycles. The molecule has 0 aliphatic carbocycles. The summed E-state index contributed by atoms with van der Waals surface area (Å²) in [5.74, 6) is 0.175. The van der Waals surface area contributed by atoms with Crippen LogP contribution in [-0.2, 0) is 21.5 Å². The number of carbonyl (C=O) groups excluding carboxylic acids is 2. The highest BCUT2D eigenvalue weighted by atomic mass is 16.5. The number of aryl methyl sites for hydroxylation is 1. The topological polar surface area (TPSA) is 116 Å². The molecule has 3 aromatic rings. The van der Waals surface area contributed by atoms with Gasteiger partial charge in [-0.1, -0.05) is 12.1 Å². The van der Waals surface area contributed by atoms with E-state index < -0.39 is 5.41 Å². The number of anilines is 2. The summed E-state index contributed by atoms with van der Waals surface area (Å²) in [6.45, 7) is 9.95. The Bertz CT molecular complexity index is 1650. The second-order valence-corrected chi connectivity index (χ2v) is 12.9. The summed E-state index contributed by atoms with van der Waals surface area (Å²) in [5.41, 5.74) is 6.34. The normalized spacial score (nSPS) is 16.8. The fraction of sp³-hybridized carbons (Fsp3) is 0.486. The Kier molecular flexibility index (Phi) is 10.7. The molecule has 1 amide bonds. The number of ether oxygens (including phenoxy) is 2. The Labute approximate surface area is 277 Å². The van der Waals surface area contributed by atoms with Crippen molar-refractivity contribution in [3.05, 3.63) is 74.7 Å². The first kappa shape index (κ1) is 34.2. The van der Waals surface area contributed by atoms with Gasteiger partial charge in [0.1, 0.15) is 12.0 Å². The molecule has 2 saturated heterocycles. The van der Waals surface area contributed by atoms with E-state index >= 15 is 0 Å². The predicted molar refractivity (Wildman–Crippen MR) is 187 cm³/mol. The van der Waals surface area contributed by atoms with E-state index in [1.165, 1.54) is 7.11 Å². The zero-order chi connectivity index (χ0) is 33.7. The Morgan fingerprint density at radius 2 is 1.85 bits per heavy atom. The largest absolute Gasteiger partial charge is 0.496 e. The predicted octanol–water partition coefficient (Wildman–Crippen LogP) is 4.81. The number of pyridine rings is 1. The van der Waals surface area contributed by atoms with Crippen LogP contribution in [-0.4, -0.2) is 82.2 Å². The quantitative estimate of drug-likeness (QED) is 0.255. The zero-order valence-electron chi connectivity index (χ0n) is 28.6. The van der Waals surface area contributed by atoms with E-state index in [0.29, 0.717) is 54.7 Å². The third-order valence-corrected chi connectivity index (χ3v) is 10.0. The summed E-state index contributed by atoms with van der Waals surface area (Å²) in [4.78, 5) is 46.8. The highest BCUT2D eigenvalue weighted by Crippen LogP contribution is 2.40. The summed E-state index contributed by atoms with van der Waals surface area (Å²) >= 11 is 0. The van der Waals surface area contributed by atoms with Crippen molar-refractivity contribution in [1.29, 1.82) is 0 Å². The van der Waals surface area contributed by atoms with Crippen molar-refractivity contribution < 1.29 is 19.1 Å². The number of hydrogen-bond donors (Lipinski definition) is 3. The van der Waals surface area contributed by atoms with E-state index in [1.54, 1.807) is 13.0 Å². The average molecular weight is 644 g/mol. The number of H-pyrrole nitrogens is 1. The molecule has 10 heteroatoms. The number of aldehydes is 1. The maximum atomic E-state index is 14.0. The highest BCUT2D eigenvalue weighted by Gasteiger charge is 2.36. The number of nitrogens with zero attached hydrogens (tertiary/aromatic N) is 2. The van der Waals surface area contributed by atoms with E-state index in [-0.39, 0.29) is 18.0 Å². The van der Waals surface area contributed by atoms with Crippen LogP contribution >= 0.6 is 0 Å². The van der Waals surface area contributed by atoms with Gasteiger partial charge in [0, 0.05) is 55.5 Å². The number of amides is 1. The van der Waals surface area contributed by atoms with Crippen molar-refractivity contribution in [2.24, 2.45) is 0 Å². The number of methoxy groups -OCH3 is 1. The summed E-state index contributed by atoms with van der Waals surface area (Å²) < 4.78 is 11.0. The number of aromatic nitrogens is 1. The minimum absolute atomic E-state index is 0.0269. The van der Waals surface area contributed by atoms with Crippen LogP contribution in [0.1, 0.15) is 65.3 Å². The number of carbonyl (C=O) groups is 2. The number of piperidine rings is 1. The maximum Gasteiger partial charge on any atom is 0.256 e. The van der Waals surface area contributed by atoms with Crippen molar-refractivity contribution in [1.82, 2.24) is 15.2 Å². The van der Waals surface area contributed by atoms with Gasteiger partial charge in [-0.05, 0) is 113 Å². The van der Waals surface area contributed by atoms with Crippen molar-refractivity contribution in [2.45, 2.75) is 64.5 Å². The molecule has 3 heterocycles. The van der Waals surface area contributed by atoms with Gasteiger partial charge in [0.2, 0.25) is 0 Å². The summed E-state index contributed by atoms with van der Waals surface area (Å²) in [6, 6.07) is 12.4. The first-order valence-corrected chi connectivity index (χ1v) is 16.7. The van der Waals surface area contributed by atoms with Crippen LogP contribution in [0.2, 0.25) is 0 Å². The minimum Gasteiger partial charge on any atom is -0.496 e. The number of hydrogen-bond acceptors (Lipinski definition) is 8. The molecule has 0 spiro atoms. The van der Waals surface area contributed by atoms with Crippen LogP contribution < -0.4 is 25.8 Å². The van der Waals surface area contributed by atoms with Crippen LogP contribution in [0.15, 0.2) is 41.2 Å². The molecule has 47 heavy (non-hydrogen) atoms. The fourth-order valence-corrected chi connectivity index (χ4v) is 7.18. The van der Waals surface area contributed by atoms with Gasteiger partial charge in [-0.25, -0.2) is 0 Å². The van der Waals surface area contributed by atoms with Gasteiger partial charge in [-0.3, -0.25) is 9.59 Å². The molecular formula is C37H49N5O5. The Hall–Kier alpha value is -4.15. The fourth-order valence-electron chi connectivity index (χ4n) is 7.18. The molecule has 0 radical (unpaired) electrons. The monoisotopic (exact) mass is 643 g/mol. The standard InChI is InChI=1S/C37H49N5O5/c1-7-42(28-10-14-41(5)15-11-28)33-21-27(26-8-9-31(32(20-26)38-4)37(23-43)12-16-47-17-13-37)19-29(25(33)3)35(44)39-22-30-34(46-6)18-24(2)40-36(30)45/h8-9,18-21,23,28,38H,7,10-17,22H2,1-6H3,(H,39,44)(H,40,45). The lowest BCUT2D eigenvalue weighted by molar-refractivity contribution is -0.115. The molecule has 2 aromatic carbocycles. The first-order valence-electron chi connectivity index (χ1n) is 16.7. The Morgan fingerprint density at radius 1 is 1.13 bits per heavy atom. The number of aromatic amines is 1. The van der Waals surface area contributed by atoms with E-state index in [9.17, 15) is 14.4 Å². The molecule has 0 atom stereocenters. The molecule has 0 saturated carbocycles. The van der Waals surface area contributed by atoms with E-state index in [0.717, 1.165) is 72.4 Å². The molecule has 2 aliphatic rings. The molecule has 2 fully saturated rings. The van der Waals surface area contributed by atoms with Gasteiger partial charge in [0.15, 0.2) is 0 Å². The van der Waals surface area contributed by atoms with Crippen LogP contribution in [0, 0.1) is 13.8 Å². The molecule has 2 aliphatic heterocycles. The Morgan fingerprint density at radius 3 is 2.49 bits per heavy atom. The van der Waals surface area contributed by atoms with Crippen LogP contribution in [0.5, 0.6) is 5.75 Å². The first-order chi connectivity index (χ1) is 22.6. The van der Waals surface area contributed by atoms with Gasteiger partial charge in [-0.15, -0.1) is 0 Å². The van der Waals surface area contributed by atoms with Gasteiger partial charge in [0.05, 0.1) is 24.6 Å². The van der Waals surface area contributed by atoms with E-state index in [4.69, 9.17) is 9.47 Å². The van der Waals surface area contributed by atoms with Crippen molar-refractivity contribution in [3.8, 4) is 16.9 Å². The number of benzene rings is 2. The minimum atomic E-state index is -0.597. The van der Waals surface area contributed by atoms with Crippen LogP contribution in [0.3, 0.4) is 0 Å². The van der Waals surface area contributed by atoms with Crippen LogP contribution in [0.4, 0.5) is 11.4 Å². The second-order valence-electron chi connectivity index (χ2n) is 12.9. The lowest BCUT2D eigenvalue weighted by atomic mass is 9.74. The molecule has 252 valence electrons. The zero-order valence-corrected chi connectivity index (χ0v) is 28.6. The van der Waals surface area contributed by atoms with Crippen molar-refractivity contribution in [2.75, 3.05) is 64.3 Å². The maximum absolute atomic E-state index is 14.0. The molecule has 0 bridgehead atoms. The molecule has 5 rings (SSSR count). The third-order valence-electron chi connectivity index (χ3n) is 10.0. The lowest BCUT2D eigenvalue weighted by Gasteiger charge is -2.39. The third kappa shape index (κ3) is 7.09. The van der Waals surface area contributed by atoms with Crippen LogP contribution in [0.25, 0.3) is 11.1 Å². The van der Waals surface area contributed by atoms with Crippen molar-refractivity contribution >= 4 is 23.6 Å². The summed E-state index contributed by atoms with van der Waals surface area (Å²) in [7, 11) is 5.55. The van der Waals surface area contributed by atoms with E-state index in [2.05, 4.69) is 57.6 Å².